The first-order valence-electron chi connectivity index (χ1n) is 5.98. The molecule has 1 fully saturated rings. The van der Waals surface area contributed by atoms with Gasteiger partial charge in [0.15, 0.2) is 0 Å². The van der Waals surface area contributed by atoms with Crippen molar-refractivity contribution in [2.45, 2.75) is 38.9 Å². The minimum absolute atomic E-state index is 0.164. The second kappa shape index (κ2) is 4.71. The SMILES string of the molecule is COc1ccccc1B1O[C@H](C)CC(C)(C)O1. The van der Waals surface area contributed by atoms with Crippen LogP contribution in [0.25, 0.3) is 0 Å². The second-order valence-electron chi connectivity index (χ2n) is 5.10. The first-order valence-corrected chi connectivity index (χ1v) is 5.98. The number of hydrogen-bond donors (Lipinski definition) is 0. The molecule has 0 saturated carbocycles. The zero-order chi connectivity index (χ0) is 12.5. The normalized spacial score (nSPS) is 23.5. The lowest BCUT2D eigenvalue weighted by atomic mass is 9.74. The first-order chi connectivity index (χ1) is 8.02. The monoisotopic (exact) mass is 234 g/mol. The summed E-state index contributed by atoms with van der Waals surface area (Å²) in [4.78, 5) is 0. The summed E-state index contributed by atoms with van der Waals surface area (Å²) in [6.45, 7) is 6.26. The Morgan fingerprint density at radius 3 is 2.71 bits per heavy atom. The maximum atomic E-state index is 5.97. The molecule has 0 N–H and O–H groups in total. The summed E-state index contributed by atoms with van der Waals surface area (Å²) in [5.74, 6) is 0.808. The molecular formula is C13H19BO3. The van der Waals surface area contributed by atoms with E-state index in [1.165, 1.54) is 0 Å². The van der Waals surface area contributed by atoms with Crippen LogP contribution in [-0.4, -0.2) is 25.9 Å². The molecule has 92 valence electrons. The van der Waals surface area contributed by atoms with Crippen LogP contribution in [0.3, 0.4) is 0 Å². The van der Waals surface area contributed by atoms with Crippen LogP contribution < -0.4 is 10.2 Å². The van der Waals surface area contributed by atoms with Gasteiger partial charge in [0, 0.05) is 11.6 Å². The molecule has 1 aliphatic rings. The lowest BCUT2D eigenvalue weighted by molar-refractivity contribution is -0.0231. The second-order valence-corrected chi connectivity index (χ2v) is 5.10. The third-order valence-corrected chi connectivity index (χ3v) is 2.95. The summed E-state index contributed by atoms with van der Waals surface area (Å²) in [6.07, 6.45) is 1.09. The van der Waals surface area contributed by atoms with E-state index < -0.39 is 0 Å². The highest BCUT2D eigenvalue weighted by Gasteiger charge is 2.39. The van der Waals surface area contributed by atoms with E-state index in [-0.39, 0.29) is 18.8 Å². The summed E-state index contributed by atoms with van der Waals surface area (Å²) >= 11 is 0. The molecule has 0 unspecified atom stereocenters. The molecule has 1 saturated heterocycles. The van der Waals surface area contributed by atoms with Crippen LogP contribution in [-0.2, 0) is 9.31 Å². The minimum atomic E-state index is -0.343. The highest BCUT2D eigenvalue weighted by atomic mass is 16.6. The summed E-state index contributed by atoms with van der Waals surface area (Å²) in [6, 6.07) is 7.82. The van der Waals surface area contributed by atoms with Crippen LogP contribution in [0.1, 0.15) is 27.2 Å². The van der Waals surface area contributed by atoms with Gasteiger partial charge < -0.3 is 14.0 Å². The fourth-order valence-corrected chi connectivity index (χ4v) is 2.31. The van der Waals surface area contributed by atoms with Crippen molar-refractivity contribution in [3.63, 3.8) is 0 Å². The molecule has 0 spiro atoms. The van der Waals surface area contributed by atoms with Crippen molar-refractivity contribution >= 4 is 12.6 Å². The Hall–Kier alpha value is -0.995. The predicted octanol–water partition coefficient (Wildman–Crippen LogP) is 1.99. The van der Waals surface area contributed by atoms with Gasteiger partial charge in [0.25, 0.3) is 0 Å². The number of hydrogen-bond acceptors (Lipinski definition) is 3. The van der Waals surface area contributed by atoms with Gasteiger partial charge in [-0.1, -0.05) is 18.2 Å². The van der Waals surface area contributed by atoms with E-state index in [4.69, 9.17) is 14.0 Å². The fourth-order valence-electron chi connectivity index (χ4n) is 2.31. The van der Waals surface area contributed by atoms with E-state index in [1.54, 1.807) is 7.11 Å². The third-order valence-electron chi connectivity index (χ3n) is 2.95. The van der Waals surface area contributed by atoms with Gasteiger partial charge in [0.2, 0.25) is 0 Å². The summed E-state index contributed by atoms with van der Waals surface area (Å²) < 4.78 is 17.2. The molecular weight excluding hydrogens is 215 g/mol. The number of ether oxygens (including phenoxy) is 1. The van der Waals surface area contributed by atoms with E-state index in [9.17, 15) is 0 Å². The Bertz CT molecular complexity index is 392. The Kier molecular flexibility index (Phi) is 3.45. The number of methoxy groups -OCH3 is 1. The molecule has 1 aromatic carbocycles. The van der Waals surface area contributed by atoms with Crippen molar-refractivity contribution in [2.24, 2.45) is 0 Å². The molecule has 1 aromatic rings. The topological polar surface area (TPSA) is 27.7 Å². The molecule has 4 heteroatoms. The average Bonchev–Trinajstić information content (AvgIpc) is 2.26. The molecule has 0 radical (unpaired) electrons. The largest absolute Gasteiger partial charge is 0.498 e. The van der Waals surface area contributed by atoms with Gasteiger partial charge in [-0.15, -0.1) is 0 Å². The van der Waals surface area contributed by atoms with Crippen molar-refractivity contribution in [3.8, 4) is 5.75 Å². The molecule has 0 amide bonds. The molecule has 2 rings (SSSR count). The fraction of sp³-hybridized carbons (Fsp3) is 0.538. The lowest BCUT2D eigenvalue weighted by Gasteiger charge is -2.38. The van der Waals surface area contributed by atoms with Crippen LogP contribution in [0.4, 0.5) is 0 Å². The van der Waals surface area contributed by atoms with Gasteiger partial charge in [-0.05, 0) is 33.3 Å². The van der Waals surface area contributed by atoms with Crippen LogP contribution >= 0.6 is 0 Å². The van der Waals surface area contributed by atoms with Crippen LogP contribution in [0.15, 0.2) is 24.3 Å². The predicted molar refractivity (Wildman–Crippen MR) is 68.7 cm³/mol. The zero-order valence-electron chi connectivity index (χ0n) is 10.9. The highest BCUT2D eigenvalue weighted by Crippen LogP contribution is 2.26. The van der Waals surface area contributed by atoms with Gasteiger partial charge in [0.05, 0.1) is 12.7 Å². The highest BCUT2D eigenvalue weighted by molar-refractivity contribution is 6.62. The molecule has 1 aliphatic heterocycles. The van der Waals surface area contributed by atoms with Crippen molar-refractivity contribution in [1.29, 1.82) is 0 Å². The molecule has 17 heavy (non-hydrogen) atoms. The van der Waals surface area contributed by atoms with Crippen molar-refractivity contribution in [3.05, 3.63) is 24.3 Å². The molecule has 0 aliphatic carbocycles. The van der Waals surface area contributed by atoms with E-state index in [0.29, 0.717) is 0 Å². The standard InChI is InChI=1S/C13H19BO3/c1-10-9-13(2,3)17-14(16-10)11-7-5-6-8-12(11)15-4/h5-8,10H,9H2,1-4H3/t10-/m1/s1. The molecule has 1 heterocycles. The van der Waals surface area contributed by atoms with Crippen LogP contribution in [0, 0.1) is 0 Å². The molecule has 3 nitrogen and oxygen atoms in total. The van der Waals surface area contributed by atoms with Gasteiger partial charge in [0.1, 0.15) is 5.75 Å². The lowest BCUT2D eigenvalue weighted by Crippen LogP contribution is -2.52. The van der Waals surface area contributed by atoms with E-state index in [1.807, 2.05) is 24.3 Å². The maximum absolute atomic E-state index is 5.97. The Labute approximate surface area is 103 Å². The van der Waals surface area contributed by atoms with Gasteiger partial charge in [-0.25, -0.2) is 0 Å². The molecule has 0 aromatic heterocycles. The Morgan fingerprint density at radius 2 is 2.06 bits per heavy atom. The van der Waals surface area contributed by atoms with Gasteiger partial charge in [-0.2, -0.15) is 0 Å². The van der Waals surface area contributed by atoms with E-state index >= 15 is 0 Å². The van der Waals surface area contributed by atoms with Gasteiger partial charge in [-0.3, -0.25) is 0 Å². The molecule has 1 atom stereocenters. The third kappa shape index (κ3) is 2.82. The van der Waals surface area contributed by atoms with E-state index in [2.05, 4.69) is 20.8 Å². The average molecular weight is 234 g/mol. The maximum Gasteiger partial charge on any atom is 0.498 e. The van der Waals surface area contributed by atoms with Crippen molar-refractivity contribution in [1.82, 2.24) is 0 Å². The first kappa shape index (κ1) is 12.5. The number of para-hydroxylation sites is 1. The smallest absolute Gasteiger partial charge is 0.497 e. The Morgan fingerprint density at radius 1 is 1.35 bits per heavy atom. The summed E-state index contributed by atoms with van der Waals surface area (Å²) in [5.41, 5.74) is 0.790. The quantitative estimate of drug-likeness (QED) is 0.732. The Balaban J connectivity index is 2.27. The van der Waals surface area contributed by atoms with Crippen molar-refractivity contribution in [2.75, 3.05) is 7.11 Å². The van der Waals surface area contributed by atoms with Gasteiger partial charge >= 0.3 is 7.12 Å². The van der Waals surface area contributed by atoms with Crippen molar-refractivity contribution < 1.29 is 14.0 Å². The zero-order valence-corrected chi connectivity index (χ0v) is 10.9. The van der Waals surface area contributed by atoms with Crippen LogP contribution in [0.5, 0.6) is 5.75 Å². The molecule has 0 bridgehead atoms. The van der Waals surface area contributed by atoms with E-state index in [0.717, 1.165) is 17.6 Å². The summed E-state index contributed by atoms with van der Waals surface area (Å²) in [5, 5.41) is 0. The summed E-state index contributed by atoms with van der Waals surface area (Å²) in [7, 11) is 1.32. The number of rotatable bonds is 2. The van der Waals surface area contributed by atoms with Crippen LogP contribution in [0.2, 0.25) is 0 Å². The minimum Gasteiger partial charge on any atom is -0.497 e. The number of benzene rings is 1.